The number of aliphatic hydroxyl groups excluding tert-OH is 1. The number of aliphatic hydroxyl groups is 1. The van der Waals surface area contributed by atoms with Gasteiger partial charge in [0.25, 0.3) is 5.91 Å². The van der Waals surface area contributed by atoms with Crippen molar-refractivity contribution in [1.82, 2.24) is 19.8 Å². The van der Waals surface area contributed by atoms with Gasteiger partial charge in [-0.2, -0.15) is 0 Å². The lowest BCUT2D eigenvalue weighted by atomic mass is 10.1. The monoisotopic (exact) mass is 497 g/mol. The number of amides is 1. The number of carbonyl (C=O) groups is 1. The molecule has 3 heterocycles. The second-order valence-corrected chi connectivity index (χ2v) is 9.53. The van der Waals surface area contributed by atoms with Crippen LogP contribution in [0.2, 0.25) is 10.0 Å². The maximum Gasteiger partial charge on any atom is 0.253 e. The van der Waals surface area contributed by atoms with Gasteiger partial charge in [-0.05, 0) is 42.0 Å². The van der Waals surface area contributed by atoms with E-state index in [9.17, 15) is 9.90 Å². The molecule has 0 radical (unpaired) electrons. The van der Waals surface area contributed by atoms with Gasteiger partial charge in [0, 0.05) is 72.8 Å². The van der Waals surface area contributed by atoms with E-state index in [-0.39, 0.29) is 11.9 Å². The number of hydrogen-bond donors (Lipinski definition) is 1. The SMILES string of the molecule is O=C(c1ccc(Cl)cc1)N1CCN(C2CN(c3ncc(-c4ccc(Cl)cc4)cn3)CC2O)CC1. The van der Waals surface area contributed by atoms with Gasteiger partial charge in [-0.1, -0.05) is 35.3 Å². The molecule has 0 saturated carbocycles. The molecule has 5 rings (SSSR count). The summed E-state index contributed by atoms with van der Waals surface area (Å²) in [6, 6.07) is 14.5. The second-order valence-electron chi connectivity index (χ2n) is 8.65. The molecule has 34 heavy (non-hydrogen) atoms. The van der Waals surface area contributed by atoms with Crippen molar-refractivity contribution < 1.29 is 9.90 Å². The number of β-amino-alcohol motifs (C(OH)–C–C–N with tert-alkyl or cyclic N) is 1. The summed E-state index contributed by atoms with van der Waals surface area (Å²) in [6.07, 6.45) is 3.09. The van der Waals surface area contributed by atoms with E-state index in [1.165, 1.54) is 0 Å². The van der Waals surface area contributed by atoms with Gasteiger partial charge in [-0.3, -0.25) is 9.69 Å². The number of nitrogens with zero attached hydrogens (tertiary/aromatic N) is 5. The number of halogens is 2. The Bertz CT molecular complexity index is 1130. The fourth-order valence-corrected chi connectivity index (χ4v) is 4.85. The Kier molecular flexibility index (Phi) is 6.70. The van der Waals surface area contributed by atoms with Gasteiger partial charge < -0.3 is 14.9 Å². The molecule has 0 aliphatic carbocycles. The third kappa shape index (κ3) is 4.88. The fraction of sp³-hybridized carbons (Fsp3) is 0.320. The highest BCUT2D eigenvalue weighted by atomic mass is 35.5. The zero-order chi connectivity index (χ0) is 23.7. The van der Waals surface area contributed by atoms with Gasteiger partial charge >= 0.3 is 0 Å². The Balaban J connectivity index is 1.18. The molecule has 9 heteroatoms. The predicted molar refractivity (Wildman–Crippen MR) is 133 cm³/mol. The molecule has 2 aliphatic rings. The van der Waals surface area contributed by atoms with E-state index in [0.717, 1.165) is 11.1 Å². The quantitative estimate of drug-likeness (QED) is 0.594. The first kappa shape index (κ1) is 23.1. The Morgan fingerprint density at radius 2 is 1.41 bits per heavy atom. The molecule has 0 bridgehead atoms. The molecule has 1 amide bonds. The summed E-state index contributed by atoms with van der Waals surface area (Å²) in [7, 11) is 0. The first-order valence-electron chi connectivity index (χ1n) is 11.3. The third-order valence-electron chi connectivity index (χ3n) is 6.52. The van der Waals surface area contributed by atoms with Crippen LogP contribution in [0.3, 0.4) is 0 Å². The van der Waals surface area contributed by atoms with E-state index in [4.69, 9.17) is 23.2 Å². The molecule has 2 fully saturated rings. The molecule has 0 spiro atoms. The van der Waals surface area contributed by atoms with Crippen LogP contribution in [0.25, 0.3) is 11.1 Å². The van der Waals surface area contributed by atoms with Crippen LogP contribution in [0.15, 0.2) is 60.9 Å². The van der Waals surface area contributed by atoms with Crippen molar-refractivity contribution >= 4 is 35.1 Å². The highest BCUT2D eigenvalue weighted by molar-refractivity contribution is 6.30. The molecule has 2 saturated heterocycles. The molecule has 2 aliphatic heterocycles. The van der Waals surface area contributed by atoms with E-state index in [0.29, 0.717) is 60.8 Å². The minimum Gasteiger partial charge on any atom is -0.390 e. The summed E-state index contributed by atoms with van der Waals surface area (Å²) in [5, 5.41) is 12.1. The van der Waals surface area contributed by atoms with Crippen molar-refractivity contribution in [3.63, 3.8) is 0 Å². The molecule has 1 aromatic heterocycles. The standard InChI is InChI=1S/C25H25Cl2N5O2/c26-20-5-1-17(2-6-20)19-13-28-25(29-14-19)32-15-22(23(33)16-32)30-9-11-31(12-10-30)24(34)18-3-7-21(27)8-4-18/h1-8,13-14,22-23,33H,9-12,15-16H2. The van der Waals surface area contributed by atoms with E-state index < -0.39 is 6.10 Å². The summed E-state index contributed by atoms with van der Waals surface area (Å²) in [4.78, 5) is 28.0. The zero-order valence-electron chi connectivity index (χ0n) is 18.5. The maximum absolute atomic E-state index is 12.8. The smallest absolute Gasteiger partial charge is 0.253 e. The van der Waals surface area contributed by atoms with Gasteiger partial charge in [0.15, 0.2) is 0 Å². The van der Waals surface area contributed by atoms with Crippen LogP contribution in [-0.2, 0) is 0 Å². The number of hydrogen-bond acceptors (Lipinski definition) is 6. The van der Waals surface area contributed by atoms with Gasteiger partial charge in [-0.15, -0.1) is 0 Å². The van der Waals surface area contributed by atoms with Crippen LogP contribution in [0.1, 0.15) is 10.4 Å². The van der Waals surface area contributed by atoms with E-state index >= 15 is 0 Å². The van der Waals surface area contributed by atoms with E-state index in [1.54, 1.807) is 36.7 Å². The fourth-order valence-electron chi connectivity index (χ4n) is 4.60. The molecule has 1 N–H and O–H groups in total. The van der Waals surface area contributed by atoms with Crippen molar-refractivity contribution in [1.29, 1.82) is 0 Å². The van der Waals surface area contributed by atoms with Gasteiger partial charge in [0.05, 0.1) is 12.1 Å². The van der Waals surface area contributed by atoms with Gasteiger partial charge in [0.1, 0.15) is 0 Å². The first-order valence-corrected chi connectivity index (χ1v) is 12.0. The Morgan fingerprint density at radius 1 is 0.824 bits per heavy atom. The largest absolute Gasteiger partial charge is 0.390 e. The number of carbonyl (C=O) groups excluding carboxylic acids is 1. The molecular weight excluding hydrogens is 473 g/mol. The minimum absolute atomic E-state index is 0.0130. The van der Waals surface area contributed by atoms with Crippen molar-refractivity contribution in [3.8, 4) is 11.1 Å². The van der Waals surface area contributed by atoms with Crippen molar-refractivity contribution in [2.24, 2.45) is 0 Å². The average molecular weight is 498 g/mol. The molecule has 2 aromatic carbocycles. The van der Waals surface area contributed by atoms with Crippen molar-refractivity contribution in [2.45, 2.75) is 12.1 Å². The van der Waals surface area contributed by atoms with Crippen LogP contribution < -0.4 is 4.90 Å². The average Bonchev–Trinajstić information content (AvgIpc) is 3.26. The van der Waals surface area contributed by atoms with Crippen LogP contribution in [-0.4, -0.2) is 82.2 Å². The summed E-state index contributed by atoms with van der Waals surface area (Å²) < 4.78 is 0. The molecule has 7 nitrogen and oxygen atoms in total. The molecule has 2 unspecified atom stereocenters. The Hall–Kier alpha value is -2.71. The second kappa shape index (κ2) is 9.88. The Morgan fingerprint density at radius 3 is 2.03 bits per heavy atom. The number of rotatable bonds is 4. The molecular formula is C25H25Cl2N5O2. The summed E-state index contributed by atoms with van der Waals surface area (Å²) in [5.41, 5.74) is 2.56. The zero-order valence-corrected chi connectivity index (χ0v) is 20.0. The molecule has 176 valence electrons. The lowest BCUT2D eigenvalue weighted by Gasteiger charge is -2.38. The van der Waals surface area contributed by atoms with Crippen molar-refractivity contribution in [2.75, 3.05) is 44.2 Å². The van der Waals surface area contributed by atoms with E-state index in [1.807, 2.05) is 34.1 Å². The third-order valence-corrected chi connectivity index (χ3v) is 7.02. The normalized spacial score (nSPS) is 21.1. The summed E-state index contributed by atoms with van der Waals surface area (Å²) >= 11 is 11.9. The number of piperazine rings is 1. The lowest BCUT2D eigenvalue weighted by Crippen LogP contribution is -2.54. The highest BCUT2D eigenvalue weighted by Gasteiger charge is 2.38. The molecule has 3 aromatic rings. The summed E-state index contributed by atoms with van der Waals surface area (Å²) in [6.45, 7) is 3.80. The lowest BCUT2D eigenvalue weighted by molar-refractivity contribution is 0.0376. The first-order chi connectivity index (χ1) is 16.5. The Labute approximate surface area is 208 Å². The topological polar surface area (TPSA) is 72.8 Å². The van der Waals surface area contributed by atoms with Gasteiger partial charge in [0.2, 0.25) is 5.95 Å². The minimum atomic E-state index is -0.502. The number of aromatic nitrogens is 2. The van der Waals surface area contributed by atoms with Crippen LogP contribution in [0.5, 0.6) is 0 Å². The summed E-state index contributed by atoms with van der Waals surface area (Å²) in [5.74, 6) is 0.620. The number of anilines is 1. The van der Waals surface area contributed by atoms with Crippen LogP contribution in [0, 0.1) is 0 Å². The predicted octanol–water partition coefficient (Wildman–Crippen LogP) is 3.46. The molecule has 2 atom stereocenters. The van der Waals surface area contributed by atoms with Crippen molar-refractivity contribution in [3.05, 3.63) is 76.5 Å². The van der Waals surface area contributed by atoms with Gasteiger partial charge in [-0.25, -0.2) is 9.97 Å². The number of benzene rings is 2. The maximum atomic E-state index is 12.8. The highest BCUT2D eigenvalue weighted by Crippen LogP contribution is 2.25. The van der Waals surface area contributed by atoms with Crippen LogP contribution in [0.4, 0.5) is 5.95 Å². The van der Waals surface area contributed by atoms with Crippen LogP contribution >= 0.6 is 23.2 Å². The van der Waals surface area contributed by atoms with E-state index in [2.05, 4.69) is 14.9 Å².